The molecule has 0 radical (unpaired) electrons. The van der Waals surface area contributed by atoms with Gasteiger partial charge < -0.3 is 21.3 Å². The first-order valence-electron chi connectivity index (χ1n) is 14.6. The summed E-state index contributed by atoms with van der Waals surface area (Å²) in [6, 6.07) is -0.329. The zero-order chi connectivity index (χ0) is 29.3. The molecule has 0 aliphatic carbocycles. The smallest absolute Gasteiger partial charge is 0.169 e. The molecular formula is C31H64N4O2. The fraction of sp³-hybridized carbons (Fsp3) is 0.935. The Kier molecular flexibility index (Phi) is 14.2. The Labute approximate surface area is 230 Å². The van der Waals surface area contributed by atoms with E-state index in [2.05, 4.69) is 83.6 Å². The number of ketones is 2. The van der Waals surface area contributed by atoms with Crippen LogP contribution in [-0.2, 0) is 9.59 Å². The Balaban J connectivity index is 4.94. The van der Waals surface area contributed by atoms with Crippen LogP contribution in [0.15, 0.2) is 0 Å². The van der Waals surface area contributed by atoms with Crippen LogP contribution in [0, 0.1) is 5.41 Å². The maximum absolute atomic E-state index is 13.6. The molecule has 0 aliphatic heterocycles. The van der Waals surface area contributed by atoms with Gasteiger partial charge in [-0.3, -0.25) is 9.59 Å². The van der Waals surface area contributed by atoms with E-state index >= 15 is 0 Å². The Morgan fingerprint density at radius 1 is 0.514 bits per heavy atom. The van der Waals surface area contributed by atoms with Crippen molar-refractivity contribution in [1.29, 1.82) is 0 Å². The predicted octanol–water partition coefficient (Wildman–Crippen LogP) is 5.78. The van der Waals surface area contributed by atoms with E-state index in [0.717, 1.165) is 51.6 Å². The molecule has 0 aromatic carbocycles. The number of carbonyl (C=O) groups is 2. The molecule has 0 amide bonds. The van der Waals surface area contributed by atoms with Crippen LogP contribution < -0.4 is 21.3 Å². The monoisotopic (exact) mass is 525 g/mol. The van der Waals surface area contributed by atoms with Crippen LogP contribution in [-0.4, -0.2) is 58.9 Å². The van der Waals surface area contributed by atoms with Crippen LogP contribution in [0.1, 0.15) is 135 Å². The van der Waals surface area contributed by atoms with Gasteiger partial charge in [0, 0.05) is 22.0 Å². The molecule has 0 saturated carbocycles. The minimum Gasteiger partial charge on any atom is -0.312 e. The molecule has 37 heavy (non-hydrogen) atoms. The molecule has 0 rings (SSSR count). The summed E-state index contributed by atoms with van der Waals surface area (Å²) in [6.07, 6.45) is 5.55. The first-order chi connectivity index (χ1) is 16.4. The molecule has 220 valence electrons. The van der Waals surface area contributed by atoms with Gasteiger partial charge in [-0.2, -0.15) is 0 Å². The highest BCUT2D eigenvalue weighted by Gasteiger charge is 2.35. The third-order valence-corrected chi connectivity index (χ3v) is 6.26. The summed E-state index contributed by atoms with van der Waals surface area (Å²) in [4.78, 5) is 26.6. The summed E-state index contributed by atoms with van der Waals surface area (Å²) < 4.78 is 0. The van der Waals surface area contributed by atoms with Gasteiger partial charge in [-0.1, -0.05) is 33.6 Å². The molecule has 6 heteroatoms. The number of Topliss-reactive ketones (excluding diaryl/α,β-unsaturated/α-hetero) is 2. The van der Waals surface area contributed by atoms with Crippen molar-refractivity contribution in [2.45, 2.75) is 170 Å². The second-order valence-corrected chi connectivity index (χ2v) is 15.6. The SMILES string of the molecule is CC(C)(C)NCCCCC(NC(C)(C)C)C(=O)C(C)(C)NCCCCC(NC(C)(C)C)C(=O)C(C)(C)C. The van der Waals surface area contributed by atoms with Crippen molar-refractivity contribution in [1.82, 2.24) is 21.3 Å². The Hall–Kier alpha value is -0.820. The summed E-state index contributed by atoms with van der Waals surface area (Å²) in [7, 11) is 0. The largest absolute Gasteiger partial charge is 0.312 e. The minimum absolute atomic E-state index is 0.115. The van der Waals surface area contributed by atoms with Crippen molar-refractivity contribution in [2.75, 3.05) is 13.1 Å². The zero-order valence-electron chi connectivity index (χ0n) is 27.1. The molecule has 0 spiro atoms. The Morgan fingerprint density at radius 3 is 1.24 bits per heavy atom. The van der Waals surface area contributed by atoms with Crippen LogP contribution in [0.4, 0.5) is 0 Å². The maximum Gasteiger partial charge on any atom is 0.169 e. The van der Waals surface area contributed by atoms with Crippen molar-refractivity contribution in [3.8, 4) is 0 Å². The molecule has 2 unspecified atom stereocenters. The predicted molar refractivity (Wildman–Crippen MR) is 160 cm³/mol. The van der Waals surface area contributed by atoms with Crippen LogP contribution in [0.3, 0.4) is 0 Å². The Morgan fingerprint density at radius 2 is 0.892 bits per heavy atom. The number of unbranched alkanes of at least 4 members (excludes halogenated alkanes) is 2. The van der Waals surface area contributed by atoms with E-state index in [4.69, 9.17) is 0 Å². The quantitative estimate of drug-likeness (QED) is 0.192. The van der Waals surface area contributed by atoms with Crippen molar-refractivity contribution < 1.29 is 9.59 Å². The number of hydrogen-bond acceptors (Lipinski definition) is 6. The van der Waals surface area contributed by atoms with E-state index in [1.807, 2.05) is 34.6 Å². The molecule has 0 heterocycles. The minimum atomic E-state index is -0.614. The van der Waals surface area contributed by atoms with Crippen molar-refractivity contribution >= 4 is 11.6 Å². The van der Waals surface area contributed by atoms with E-state index in [-0.39, 0.29) is 45.7 Å². The molecule has 0 aromatic rings. The maximum atomic E-state index is 13.6. The summed E-state index contributed by atoms with van der Waals surface area (Å²) >= 11 is 0. The zero-order valence-corrected chi connectivity index (χ0v) is 27.1. The first-order valence-corrected chi connectivity index (χ1v) is 14.6. The highest BCUT2D eigenvalue weighted by atomic mass is 16.1. The van der Waals surface area contributed by atoms with Crippen molar-refractivity contribution in [2.24, 2.45) is 5.41 Å². The highest BCUT2D eigenvalue weighted by molar-refractivity contribution is 5.92. The number of nitrogens with one attached hydrogen (secondary N) is 4. The van der Waals surface area contributed by atoms with Gasteiger partial charge in [0.1, 0.15) is 0 Å². The van der Waals surface area contributed by atoms with E-state index in [0.29, 0.717) is 0 Å². The lowest BCUT2D eigenvalue weighted by Gasteiger charge is -2.34. The lowest BCUT2D eigenvalue weighted by Crippen LogP contribution is -2.58. The normalized spacial score (nSPS) is 15.5. The highest BCUT2D eigenvalue weighted by Crippen LogP contribution is 2.21. The molecule has 6 nitrogen and oxygen atoms in total. The molecule has 0 aromatic heterocycles. The molecule has 0 fully saturated rings. The summed E-state index contributed by atoms with van der Waals surface area (Å²) in [5, 5.41) is 14.2. The van der Waals surface area contributed by atoms with E-state index in [1.54, 1.807) is 0 Å². The van der Waals surface area contributed by atoms with E-state index in [9.17, 15) is 9.59 Å². The topological polar surface area (TPSA) is 82.3 Å². The number of carbonyl (C=O) groups excluding carboxylic acids is 2. The van der Waals surface area contributed by atoms with Gasteiger partial charge in [0.15, 0.2) is 11.6 Å². The third-order valence-electron chi connectivity index (χ3n) is 6.26. The lowest BCUT2D eigenvalue weighted by atomic mass is 9.84. The fourth-order valence-electron chi connectivity index (χ4n) is 4.44. The number of hydrogen-bond donors (Lipinski definition) is 4. The lowest BCUT2D eigenvalue weighted by molar-refractivity contribution is -0.129. The van der Waals surface area contributed by atoms with Crippen LogP contribution >= 0.6 is 0 Å². The van der Waals surface area contributed by atoms with Gasteiger partial charge in [0.2, 0.25) is 0 Å². The van der Waals surface area contributed by atoms with Gasteiger partial charge >= 0.3 is 0 Å². The molecule has 2 atom stereocenters. The second-order valence-electron chi connectivity index (χ2n) is 15.6. The third kappa shape index (κ3) is 17.4. The van der Waals surface area contributed by atoms with E-state index < -0.39 is 5.54 Å². The number of rotatable bonds is 16. The summed E-state index contributed by atoms with van der Waals surface area (Å²) in [5.41, 5.74) is -1.11. The molecule has 0 saturated heterocycles. The molecular weight excluding hydrogens is 460 g/mol. The molecule has 4 N–H and O–H groups in total. The van der Waals surface area contributed by atoms with Gasteiger partial charge in [-0.15, -0.1) is 0 Å². The van der Waals surface area contributed by atoms with Gasteiger partial charge in [0.25, 0.3) is 0 Å². The second kappa shape index (κ2) is 14.5. The van der Waals surface area contributed by atoms with E-state index in [1.165, 1.54) is 0 Å². The molecule has 0 aliphatic rings. The van der Waals surface area contributed by atoms with Gasteiger partial charge in [-0.25, -0.2) is 0 Å². The van der Waals surface area contributed by atoms with Crippen LogP contribution in [0.25, 0.3) is 0 Å². The summed E-state index contributed by atoms with van der Waals surface area (Å²) in [5.74, 6) is 0.487. The summed E-state index contributed by atoms with van der Waals surface area (Å²) in [6.45, 7) is 30.9. The van der Waals surface area contributed by atoms with Crippen molar-refractivity contribution in [3.63, 3.8) is 0 Å². The van der Waals surface area contributed by atoms with Crippen LogP contribution in [0.2, 0.25) is 0 Å². The van der Waals surface area contributed by atoms with Gasteiger partial charge in [-0.05, 0) is 115 Å². The van der Waals surface area contributed by atoms with Crippen molar-refractivity contribution in [3.05, 3.63) is 0 Å². The molecule has 0 bridgehead atoms. The average Bonchev–Trinajstić information content (AvgIpc) is 2.67. The van der Waals surface area contributed by atoms with Crippen LogP contribution in [0.5, 0.6) is 0 Å². The Bertz CT molecular complexity index is 688. The van der Waals surface area contributed by atoms with Gasteiger partial charge in [0.05, 0.1) is 17.6 Å². The fourth-order valence-corrected chi connectivity index (χ4v) is 4.44. The first kappa shape index (κ1) is 36.2. The standard InChI is InChI=1S/C31H64N4O2/c1-27(2,3)25(36)23(34-29(7,8)9)19-16-18-22-33-31(13,14)26(37)24(35-30(10,11)12)20-15-17-21-32-28(4,5)6/h23-24,32-35H,15-22H2,1-14H3. The average molecular weight is 525 g/mol.